The van der Waals surface area contributed by atoms with Crippen molar-refractivity contribution < 1.29 is 9.21 Å². The largest absolute Gasteiger partial charge is 0.467 e. The highest BCUT2D eigenvalue weighted by molar-refractivity contribution is 5.93. The topological polar surface area (TPSA) is 64.2 Å². The average Bonchev–Trinajstić information content (AvgIpc) is 3.25. The highest BCUT2D eigenvalue weighted by Gasteiger charge is 2.17. The lowest BCUT2D eigenvalue weighted by atomic mass is 10.2. The lowest BCUT2D eigenvalue weighted by molar-refractivity contribution is -0.119. The number of hydrogen-bond acceptors (Lipinski definition) is 4. The van der Waals surface area contributed by atoms with Crippen molar-refractivity contribution >= 4 is 11.6 Å². The molecule has 2 heterocycles. The molecule has 3 aromatic rings. The molecule has 0 bridgehead atoms. The second-order valence-electron chi connectivity index (χ2n) is 5.30. The maximum absolute atomic E-state index is 12.7. The van der Waals surface area contributed by atoms with Crippen molar-refractivity contribution in [2.24, 2.45) is 0 Å². The molecule has 2 aromatic heterocycles. The van der Waals surface area contributed by atoms with Crippen molar-refractivity contribution in [2.75, 3.05) is 4.90 Å². The van der Waals surface area contributed by atoms with Crippen molar-refractivity contribution in [3.05, 3.63) is 66.6 Å². The van der Waals surface area contributed by atoms with Crippen molar-refractivity contribution in [3.8, 4) is 0 Å². The minimum absolute atomic E-state index is 0.0146. The van der Waals surface area contributed by atoms with Gasteiger partial charge in [0.15, 0.2) is 0 Å². The number of aromatic nitrogens is 3. The highest BCUT2D eigenvalue weighted by atomic mass is 16.3. The van der Waals surface area contributed by atoms with Crippen molar-refractivity contribution in [3.63, 3.8) is 0 Å². The molecule has 0 atom stereocenters. The molecule has 3 rings (SSSR count). The summed E-state index contributed by atoms with van der Waals surface area (Å²) in [7, 11) is 0. The van der Waals surface area contributed by atoms with Crippen LogP contribution >= 0.6 is 0 Å². The Balaban J connectivity index is 1.76. The van der Waals surface area contributed by atoms with Crippen LogP contribution in [-0.2, 0) is 17.9 Å². The fraction of sp³-hybridized carbons (Fsp3) is 0.235. The van der Waals surface area contributed by atoms with Crippen LogP contribution in [0.3, 0.4) is 0 Å². The summed E-state index contributed by atoms with van der Waals surface area (Å²) in [6, 6.07) is 11.6. The average molecular weight is 310 g/mol. The van der Waals surface area contributed by atoms with Gasteiger partial charge in [-0.15, -0.1) is 0 Å². The van der Waals surface area contributed by atoms with E-state index in [1.807, 2.05) is 43.3 Å². The summed E-state index contributed by atoms with van der Waals surface area (Å²) < 4.78 is 7.04. The number of anilines is 1. The number of carbonyl (C=O) groups excluding carboxylic acids is 1. The van der Waals surface area contributed by atoms with Gasteiger partial charge in [0.25, 0.3) is 0 Å². The van der Waals surface area contributed by atoms with Crippen LogP contribution in [0, 0.1) is 6.92 Å². The maximum atomic E-state index is 12.7. The summed E-state index contributed by atoms with van der Waals surface area (Å²) in [4.78, 5) is 18.3. The molecule has 0 saturated heterocycles. The van der Waals surface area contributed by atoms with Crippen LogP contribution < -0.4 is 4.90 Å². The van der Waals surface area contributed by atoms with E-state index in [0.717, 1.165) is 17.0 Å². The molecule has 0 aliphatic carbocycles. The molecule has 6 nitrogen and oxygen atoms in total. The number of hydrogen-bond donors (Lipinski definition) is 0. The minimum Gasteiger partial charge on any atom is -0.467 e. The van der Waals surface area contributed by atoms with E-state index in [4.69, 9.17) is 4.42 Å². The second-order valence-corrected chi connectivity index (χ2v) is 5.30. The van der Waals surface area contributed by atoms with E-state index in [9.17, 15) is 4.79 Å². The van der Waals surface area contributed by atoms with Crippen LogP contribution in [0.2, 0.25) is 0 Å². The van der Waals surface area contributed by atoms with E-state index in [1.54, 1.807) is 22.2 Å². The Bertz CT molecular complexity index is 734. The first kappa shape index (κ1) is 15.0. The number of nitrogens with zero attached hydrogens (tertiary/aromatic N) is 4. The number of rotatable bonds is 6. The third kappa shape index (κ3) is 3.85. The van der Waals surface area contributed by atoms with Gasteiger partial charge in [0.1, 0.15) is 18.4 Å². The third-order valence-corrected chi connectivity index (χ3v) is 3.56. The molecule has 1 aromatic carbocycles. The number of amides is 1. The molecule has 0 aliphatic heterocycles. The van der Waals surface area contributed by atoms with Gasteiger partial charge in [0, 0.05) is 12.1 Å². The number of aryl methyl sites for hydroxylation is 2. The third-order valence-electron chi connectivity index (χ3n) is 3.56. The molecule has 0 aliphatic rings. The first-order valence-corrected chi connectivity index (χ1v) is 7.44. The van der Waals surface area contributed by atoms with E-state index in [-0.39, 0.29) is 5.91 Å². The predicted octanol–water partition coefficient (Wildman–Crippen LogP) is 2.80. The predicted molar refractivity (Wildman–Crippen MR) is 85.7 cm³/mol. The van der Waals surface area contributed by atoms with E-state index >= 15 is 0 Å². The van der Waals surface area contributed by atoms with E-state index in [1.165, 1.54) is 6.33 Å². The summed E-state index contributed by atoms with van der Waals surface area (Å²) in [5.41, 5.74) is 2.01. The molecule has 0 radical (unpaired) electrons. The zero-order valence-electron chi connectivity index (χ0n) is 12.9. The Kier molecular flexibility index (Phi) is 4.52. The first-order valence-electron chi connectivity index (χ1n) is 7.44. The van der Waals surface area contributed by atoms with Crippen LogP contribution in [0.15, 0.2) is 59.7 Å². The molecular weight excluding hydrogens is 292 g/mol. The van der Waals surface area contributed by atoms with E-state index in [2.05, 4.69) is 10.1 Å². The summed E-state index contributed by atoms with van der Waals surface area (Å²) in [5.74, 6) is 0.764. The maximum Gasteiger partial charge on any atom is 0.229 e. The van der Waals surface area contributed by atoms with Gasteiger partial charge in [-0.3, -0.25) is 9.48 Å². The van der Waals surface area contributed by atoms with Crippen LogP contribution in [-0.4, -0.2) is 20.7 Å². The zero-order chi connectivity index (χ0) is 16.1. The summed E-state index contributed by atoms with van der Waals surface area (Å²) in [5, 5.41) is 4.02. The van der Waals surface area contributed by atoms with Gasteiger partial charge >= 0.3 is 0 Å². The molecule has 0 fully saturated rings. The fourth-order valence-corrected chi connectivity index (χ4v) is 2.30. The van der Waals surface area contributed by atoms with Gasteiger partial charge in [-0.1, -0.05) is 17.7 Å². The highest BCUT2D eigenvalue weighted by Crippen LogP contribution is 2.19. The Hall–Kier alpha value is -2.89. The van der Waals surface area contributed by atoms with Gasteiger partial charge in [-0.05, 0) is 31.2 Å². The molecular formula is C17H18N4O2. The van der Waals surface area contributed by atoms with Crippen molar-refractivity contribution in [1.82, 2.24) is 14.8 Å². The Morgan fingerprint density at radius 2 is 2.09 bits per heavy atom. The van der Waals surface area contributed by atoms with Gasteiger partial charge < -0.3 is 9.32 Å². The number of benzene rings is 1. The van der Waals surface area contributed by atoms with Crippen LogP contribution in [0.25, 0.3) is 0 Å². The van der Waals surface area contributed by atoms with Crippen molar-refractivity contribution in [1.29, 1.82) is 0 Å². The molecule has 118 valence electrons. The number of furan rings is 1. The first-order chi connectivity index (χ1) is 11.2. The van der Waals surface area contributed by atoms with Gasteiger partial charge in [0.05, 0.1) is 19.4 Å². The standard InChI is InChI=1S/C17H18N4O2/c1-14-4-6-15(7-5-14)21(11-16-3-2-10-23-16)17(22)8-9-20-13-18-12-19-20/h2-7,10,12-13H,8-9,11H2,1H3. The minimum atomic E-state index is 0.0146. The molecule has 1 amide bonds. The fourth-order valence-electron chi connectivity index (χ4n) is 2.30. The molecule has 0 unspecified atom stereocenters. The molecule has 0 N–H and O–H groups in total. The number of carbonyl (C=O) groups is 1. The van der Waals surface area contributed by atoms with Crippen molar-refractivity contribution in [2.45, 2.75) is 26.4 Å². The summed E-state index contributed by atoms with van der Waals surface area (Å²) in [6.45, 7) is 2.93. The Labute approximate surface area is 134 Å². The van der Waals surface area contributed by atoms with Crippen LogP contribution in [0.4, 0.5) is 5.69 Å². The zero-order valence-corrected chi connectivity index (χ0v) is 12.9. The van der Waals surface area contributed by atoms with Gasteiger partial charge in [-0.25, -0.2) is 4.98 Å². The molecule has 0 saturated carbocycles. The lowest BCUT2D eigenvalue weighted by Crippen LogP contribution is -2.31. The summed E-state index contributed by atoms with van der Waals surface area (Å²) >= 11 is 0. The monoisotopic (exact) mass is 310 g/mol. The normalized spacial score (nSPS) is 10.7. The molecule has 23 heavy (non-hydrogen) atoms. The van der Waals surface area contributed by atoms with E-state index in [0.29, 0.717) is 19.5 Å². The van der Waals surface area contributed by atoms with Crippen LogP contribution in [0.1, 0.15) is 17.7 Å². The SMILES string of the molecule is Cc1ccc(N(Cc2ccco2)C(=O)CCn2cncn2)cc1. The van der Waals surface area contributed by atoms with Crippen LogP contribution in [0.5, 0.6) is 0 Å². The molecule has 0 spiro atoms. The smallest absolute Gasteiger partial charge is 0.229 e. The van der Waals surface area contributed by atoms with E-state index < -0.39 is 0 Å². The second kappa shape index (κ2) is 6.91. The lowest BCUT2D eigenvalue weighted by Gasteiger charge is -2.22. The van der Waals surface area contributed by atoms with Gasteiger partial charge in [-0.2, -0.15) is 5.10 Å². The Morgan fingerprint density at radius 1 is 1.26 bits per heavy atom. The summed E-state index contributed by atoms with van der Waals surface area (Å²) in [6.07, 6.45) is 5.03. The quantitative estimate of drug-likeness (QED) is 0.702. The Morgan fingerprint density at radius 3 is 2.74 bits per heavy atom. The molecule has 6 heteroatoms. The van der Waals surface area contributed by atoms with Gasteiger partial charge in [0.2, 0.25) is 5.91 Å².